The summed E-state index contributed by atoms with van der Waals surface area (Å²) in [5.41, 5.74) is 2.83. The van der Waals surface area contributed by atoms with Gasteiger partial charge in [0.15, 0.2) is 0 Å². The zero-order valence-electron chi connectivity index (χ0n) is 12.4. The van der Waals surface area contributed by atoms with E-state index in [2.05, 4.69) is 41.4 Å². The van der Waals surface area contributed by atoms with E-state index in [1.165, 1.54) is 30.8 Å². The van der Waals surface area contributed by atoms with E-state index in [1.807, 2.05) is 0 Å². The Morgan fingerprint density at radius 2 is 1.86 bits per heavy atom. The minimum atomic E-state index is -1.26. The maximum Gasteiger partial charge on any atom is 0.328 e. The lowest BCUT2D eigenvalue weighted by atomic mass is 10.1. The zero-order valence-corrected chi connectivity index (χ0v) is 12.4. The van der Waals surface area contributed by atoms with E-state index < -0.39 is 11.9 Å². The van der Waals surface area contributed by atoms with Crippen molar-refractivity contribution in [3.05, 3.63) is 42.0 Å². The van der Waals surface area contributed by atoms with Gasteiger partial charge in [-0.3, -0.25) is 0 Å². The van der Waals surface area contributed by atoms with E-state index in [9.17, 15) is 9.59 Å². The van der Waals surface area contributed by atoms with Gasteiger partial charge in [0.25, 0.3) is 0 Å². The van der Waals surface area contributed by atoms with Crippen molar-refractivity contribution < 1.29 is 19.8 Å². The third-order valence-corrected chi connectivity index (χ3v) is 3.85. The highest BCUT2D eigenvalue weighted by molar-refractivity contribution is 5.89. The molecule has 0 saturated carbocycles. The molecule has 2 aliphatic rings. The molecule has 2 saturated heterocycles. The minimum Gasteiger partial charge on any atom is -0.478 e. The van der Waals surface area contributed by atoms with Gasteiger partial charge >= 0.3 is 11.9 Å². The number of fused-ring (bicyclic) bond motifs is 2. The van der Waals surface area contributed by atoms with Crippen LogP contribution in [0.25, 0.3) is 0 Å². The molecule has 0 spiro atoms. The predicted octanol–water partition coefficient (Wildman–Crippen LogP) is 1.26. The second-order valence-corrected chi connectivity index (χ2v) is 5.44. The SMILES string of the molecule is Cc1ccccc1N1C[C@@H]2C[C@H]1CN2.O=C(O)/C=C\C(=O)O. The molecular formula is C16H20N2O4. The van der Waals surface area contributed by atoms with Crippen LogP contribution < -0.4 is 10.2 Å². The highest BCUT2D eigenvalue weighted by Crippen LogP contribution is 2.31. The fourth-order valence-electron chi connectivity index (χ4n) is 2.88. The number of anilines is 1. The number of aliphatic carboxylic acids is 2. The van der Waals surface area contributed by atoms with Crippen LogP contribution in [0.1, 0.15) is 12.0 Å². The summed E-state index contributed by atoms with van der Waals surface area (Å²) >= 11 is 0. The third-order valence-electron chi connectivity index (χ3n) is 3.85. The molecule has 0 radical (unpaired) electrons. The summed E-state index contributed by atoms with van der Waals surface area (Å²) in [6.07, 6.45) is 2.44. The number of para-hydroxylation sites is 1. The van der Waals surface area contributed by atoms with Gasteiger partial charge in [-0.1, -0.05) is 18.2 Å². The smallest absolute Gasteiger partial charge is 0.328 e. The van der Waals surface area contributed by atoms with Crippen molar-refractivity contribution in [3.63, 3.8) is 0 Å². The van der Waals surface area contributed by atoms with Crippen LogP contribution in [0.15, 0.2) is 36.4 Å². The van der Waals surface area contributed by atoms with E-state index in [0.29, 0.717) is 12.2 Å². The molecule has 2 atom stereocenters. The van der Waals surface area contributed by atoms with Crippen LogP contribution in [0, 0.1) is 6.92 Å². The number of carboxylic acids is 2. The monoisotopic (exact) mass is 304 g/mol. The van der Waals surface area contributed by atoms with Crippen molar-refractivity contribution in [2.75, 3.05) is 18.0 Å². The number of piperazine rings is 1. The summed E-state index contributed by atoms with van der Waals surface area (Å²) in [5, 5.41) is 19.2. The van der Waals surface area contributed by atoms with Crippen LogP contribution in [0.5, 0.6) is 0 Å². The molecule has 0 aromatic heterocycles. The van der Waals surface area contributed by atoms with Crippen molar-refractivity contribution in [2.45, 2.75) is 25.4 Å². The number of hydrogen-bond donors (Lipinski definition) is 3. The zero-order chi connectivity index (χ0) is 16.1. The fourth-order valence-corrected chi connectivity index (χ4v) is 2.88. The molecule has 2 heterocycles. The fraction of sp³-hybridized carbons (Fsp3) is 0.375. The highest BCUT2D eigenvalue weighted by atomic mass is 16.4. The van der Waals surface area contributed by atoms with Crippen LogP contribution in [0.2, 0.25) is 0 Å². The summed E-state index contributed by atoms with van der Waals surface area (Å²) in [7, 11) is 0. The van der Waals surface area contributed by atoms with Crippen LogP contribution in [-0.2, 0) is 9.59 Å². The lowest BCUT2D eigenvalue weighted by molar-refractivity contribution is -0.134. The van der Waals surface area contributed by atoms with E-state index in [4.69, 9.17) is 10.2 Å². The first-order valence-corrected chi connectivity index (χ1v) is 7.17. The van der Waals surface area contributed by atoms with Gasteiger partial charge in [-0.05, 0) is 25.0 Å². The summed E-state index contributed by atoms with van der Waals surface area (Å²) in [5.74, 6) is -2.51. The molecule has 22 heavy (non-hydrogen) atoms. The molecule has 0 amide bonds. The second-order valence-electron chi connectivity index (χ2n) is 5.44. The Morgan fingerprint density at radius 3 is 2.32 bits per heavy atom. The summed E-state index contributed by atoms with van der Waals surface area (Å²) in [4.78, 5) is 21.7. The standard InChI is InChI=1S/C12H16N2.C4H4O4/c1-9-4-2-3-5-12(9)14-8-10-6-11(14)7-13-10;5-3(6)1-2-4(7)8/h2-5,10-11,13H,6-8H2,1H3;1-2H,(H,5,6)(H,7,8)/b;2-1-/t10-,11-;/m0./s1. The van der Waals surface area contributed by atoms with Crippen LogP contribution in [0.3, 0.4) is 0 Å². The number of aryl methyl sites for hydroxylation is 1. The molecule has 118 valence electrons. The molecule has 3 rings (SSSR count). The molecule has 0 unspecified atom stereocenters. The van der Waals surface area contributed by atoms with Gasteiger partial charge < -0.3 is 20.4 Å². The molecule has 2 aliphatic heterocycles. The average Bonchev–Trinajstić information content (AvgIpc) is 3.09. The van der Waals surface area contributed by atoms with E-state index in [-0.39, 0.29) is 0 Å². The molecule has 2 bridgehead atoms. The largest absolute Gasteiger partial charge is 0.478 e. The van der Waals surface area contributed by atoms with Crippen molar-refractivity contribution in [1.82, 2.24) is 5.32 Å². The number of nitrogens with one attached hydrogen (secondary N) is 1. The topological polar surface area (TPSA) is 89.9 Å². The van der Waals surface area contributed by atoms with Gasteiger partial charge in [-0.25, -0.2) is 9.59 Å². The minimum absolute atomic E-state index is 0.558. The van der Waals surface area contributed by atoms with Crippen molar-refractivity contribution in [3.8, 4) is 0 Å². The average molecular weight is 304 g/mol. The molecule has 1 aromatic rings. The molecule has 6 nitrogen and oxygen atoms in total. The normalized spacial score (nSPS) is 22.5. The molecule has 1 aromatic carbocycles. The van der Waals surface area contributed by atoms with Crippen LogP contribution >= 0.6 is 0 Å². The number of hydrogen-bond acceptors (Lipinski definition) is 4. The predicted molar refractivity (Wildman–Crippen MR) is 83.1 cm³/mol. The number of carbonyl (C=O) groups is 2. The molecule has 3 N–H and O–H groups in total. The van der Waals surface area contributed by atoms with Gasteiger partial charge in [0.1, 0.15) is 0 Å². The van der Waals surface area contributed by atoms with Crippen molar-refractivity contribution in [1.29, 1.82) is 0 Å². The third kappa shape index (κ3) is 4.08. The number of carboxylic acid groups (broad SMARTS) is 2. The van der Waals surface area contributed by atoms with Gasteiger partial charge in [0.2, 0.25) is 0 Å². The summed E-state index contributed by atoms with van der Waals surface area (Å²) in [6, 6.07) is 10.2. The maximum absolute atomic E-state index is 9.55. The Labute approximate surface area is 129 Å². The lowest BCUT2D eigenvalue weighted by Crippen LogP contribution is -2.43. The van der Waals surface area contributed by atoms with Crippen molar-refractivity contribution in [2.24, 2.45) is 0 Å². The quantitative estimate of drug-likeness (QED) is 0.728. The first kappa shape index (κ1) is 16.0. The highest BCUT2D eigenvalue weighted by Gasteiger charge is 2.37. The molecule has 6 heteroatoms. The summed E-state index contributed by atoms with van der Waals surface area (Å²) < 4.78 is 0. The lowest BCUT2D eigenvalue weighted by Gasteiger charge is -2.30. The Hall–Kier alpha value is -2.34. The van der Waals surface area contributed by atoms with Gasteiger partial charge in [0, 0.05) is 43.0 Å². The molecule has 2 fully saturated rings. The Bertz CT molecular complexity index is 569. The maximum atomic E-state index is 9.55. The summed E-state index contributed by atoms with van der Waals surface area (Å²) in [6.45, 7) is 4.56. The van der Waals surface area contributed by atoms with Crippen LogP contribution in [0.4, 0.5) is 5.69 Å². The van der Waals surface area contributed by atoms with Gasteiger partial charge in [0.05, 0.1) is 0 Å². The molecular weight excluding hydrogens is 284 g/mol. The second kappa shape index (κ2) is 7.09. The Morgan fingerprint density at radius 1 is 1.23 bits per heavy atom. The number of rotatable bonds is 3. The van der Waals surface area contributed by atoms with E-state index in [0.717, 1.165) is 12.1 Å². The molecule has 0 aliphatic carbocycles. The van der Waals surface area contributed by atoms with E-state index >= 15 is 0 Å². The first-order valence-electron chi connectivity index (χ1n) is 7.17. The van der Waals surface area contributed by atoms with Crippen LogP contribution in [-0.4, -0.2) is 47.3 Å². The van der Waals surface area contributed by atoms with Gasteiger partial charge in [-0.15, -0.1) is 0 Å². The van der Waals surface area contributed by atoms with Gasteiger partial charge in [-0.2, -0.15) is 0 Å². The van der Waals surface area contributed by atoms with Crippen molar-refractivity contribution >= 4 is 17.6 Å². The Balaban J connectivity index is 0.000000192. The Kier molecular flexibility index (Phi) is 5.16. The number of benzene rings is 1. The number of nitrogens with zero attached hydrogens (tertiary/aromatic N) is 1. The van der Waals surface area contributed by atoms with E-state index in [1.54, 1.807) is 0 Å². The first-order chi connectivity index (χ1) is 10.5.